The molecule has 146 valence electrons. The summed E-state index contributed by atoms with van der Waals surface area (Å²) in [4.78, 5) is 9.10. The summed E-state index contributed by atoms with van der Waals surface area (Å²) in [6.07, 6.45) is 1.67. The quantitative estimate of drug-likeness (QED) is 0.378. The highest BCUT2D eigenvalue weighted by Gasteiger charge is 2.19. The second kappa shape index (κ2) is 8.50. The number of nitrogens with two attached hydrogens (primary N) is 3. The van der Waals surface area contributed by atoms with Gasteiger partial charge in [-0.25, -0.2) is 23.5 Å². The van der Waals surface area contributed by atoms with Crippen LogP contribution in [0.5, 0.6) is 0 Å². The maximum atomic E-state index is 11.4. The Bertz CT molecular complexity index is 1040. The first-order chi connectivity index (χ1) is 12.3. The Morgan fingerprint density at radius 1 is 1.22 bits per heavy atom. The standard InChI is InChI=1S/C15H19N7O2S2.ClH/c1-22-14-11(8-19-22)13(20-15(21-14)25-7-6-16)12(17)9-2-4-10(5-3-9)26(18,23)24;/h2-5,8,12H,6-7,16-17H2,1H3,(H2,18,23,24);1H. The third kappa shape index (κ3) is 4.57. The molecule has 0 radical (unpaired) electrons. The van der Waals surface area contributed by atoms with Gasteiger partial charge in [0, 0.05) is 19.3 Å². The molecule has 0 saturated carbocycles. The van der Waals surface area contributed by atoms with Gasteiger partial charge in [-0.1, -0.05) is 23.9 Å². The van der Waals surface area contributed by atoms with E-state index in [4.69, 9.17) is 16.6 Å². The number of hydrogen-bond donors (Lipinski definition) is 3. The molecule has 0 amide bonds. The van der Waals surface area contributed by atoms with Gasteiger partial charge in [0.25, 0.3) is 0 Å². The molecule has 1 atom stereocenters. The molecule has 3 rings (SSSR count). The average molecular weight is 430 g/mol. The second-order valence-corrected chi connectivity index (χ2v) is 8.25. The van der Waals surface area contributed by atoms with Crippen molar-refractivity contribution in [1.82, 2.24) is 19.7 Å². The molecule has 0 aliphatic rings. The molecule has 2 heterocycles. The van der Waals surface area contributed by atoms with Gasteiger partial charge >= 0.3 is 0 Å². The molecule has 0 bridgehead atoms. The summed E-state index contributed by atoms with van der Waals surface area (Å²) in [7, 11) is -1.96. The van der Waals surface area contributed by atoms with E-state index in [1.165, 1.54) is 23.9 Å². The number of aromatic nitrogens is 4. The van der Waals surface area contributed by atoms with Crippen LogP contribution < -0.4 is 16.6 Å². The summed E-state index contributed by atoms with van der Waals surface area (Å²) in [5.74, 6) is 0.682. The summed E-state index contributed by atoms with van der Waals surface area (Å²) < 4.78 is 24.5. The molecule has 0 aliphatic heterocycles. The fraction of sp³-hybridized carbons (Fsp3) is 0.267. The van der Waals surface area contributed by atoms with Crippen molar-refractivity contribution in [3.8, 4) is 0 Å². The Labute approximate surface area is 167 Å². The highest BCUT2D eigenvalue weighted by atomic mass is 35.5. The Kier molecular flexibility index (Phi) is 6.78. The number of nitrogens with zero attached hydrogens (tertiary/aromatic N) is 4. The van der Waals surface area contributed by atoms with Crippen LogP contribution >= 0.6 is 24.2 Å². The summed E-state index contributed by atoms with van der Waals surface area (Å²) >= 11 is 1.44. The molecule has 12 heteroatoms. The first-order valence-electron chi connectivity index (χ1n) is 7.72. The fourth-order valence-corrected chi connectivity index (χ4v) is 3.63. The molecule has 0 fully saturated rings. The van der Waals surface area contributed by atoms with Crippen LogP contribution in [-0.2, 0) is 17.1 Å². The van der Waals surface area contributed by atoms with E-state index in [1.807, 2.05) is 0 Å². The number of halogens is 1. The van der Waals surface area contributed by atoms with Crippen molar-refractivity contribution in [1.29, 1.82) is 0 Å². The maximum absolute atomic E-state index is 11.4. The van der Waals surface area contributed by atoms with Gasteiger partial charge < -0.3 is 11.5 Å². The number of thioether (sulfide) groups is 1. The van der Waals surface area contributed by atoms with E-state index in [-0.39, 0.29) is 17.3 Å². The molecule has 3 aromatic rings. The lowest BCUT2D eigenvalue weighted by Crippen LogP contribution is -2.16. The number of primary sulfonamides is 1. The lowest BCUT2D eigenvalue weighted by molar-refractivity contribution is 0.597. The maximum Gasteiger partial charge on any atom is 0.238 e. The summed E-state index contributed by atoms with van der Waals surface area (Å²) in [5, 5.41) is 10.7. The van der Waals surface area contributed by atoms with E-state index in [0.717, 1.165) is 5.39 Å². The van der Waals surface area contributed by atoms with Crippen LogP contribution in [0.4, 0.5) is 0 Å². The third-order valence-electron chi connectivity index (χ3n) is 3.81. The minimum Gasteiger partial charge on any atom is -0.330 e. The molecule has 0 saturated heterocycles. The number of benzene rings is 1. The van der Waals surface area contributed by atoms with Crippen molar-refractivity contribution < 1.29 is 8.42 Å². The summed E-state index contributed by atoms with van der Waals surface area (Å²) in [6, 6.07) is 5.53. The van der Waals surface area contributed by atoms with Crippen LogP contribution in [0, 0.1) is 0 Å². The Balaban J connectivity index is 0.00000261. The summed E-state index contributed by atoms with van der Waals surface area (Å²) in [5.41, 5.74) is 14.0. The Morgan fingerprint density at radius 2 is 1.89 bits per heavy atom. The van der Waals surface area contributed by atoms with E-state index in [0.29, 0.717) is 34.4 Å². The average Bonchev–Trinajstić information content (AvgIpc) is 2.99. The lowest BCUT2D eigenvalue weighted by atomic mass is 10.0. The molecule has 2 aromatic heterocycles. The van der Waals surface area contributed by atoms with Crippen LogP contribution in [0.3, 0.4) is 0 Å². The number of rotatable bonds is 6. The van der Waals surface area contributed by atoms with Crippen LogP contribution in [-0.4, -0.2) is 40.5 Å². The molecule has 0 spiro atoms. The number of sulfonamides is 1. The van der Waals surface area contributed by atoms with Gasteiger partial charge in [0.2, 0.25) is 10.0 Å². The van der Waals surface area contributed by atoms with E-state index >= 15 is 0 Å². The van der Waals surface area contributed by atoms with Crippen molar-refractivity contribution in [2.75, 3.05) is 12.3 Å². The fourth-order valence-electron chi connectivity index (χ4n) is 2.50. The molecular weight excluding hydrogens is 410 g/mol. The first kappa shape index (κ1) is 21.5. The Hall–Kier alpha value is -1.76. The number of aryl methyl sites for hydroxylation is 1. The van der Waals surface area contributed by atoms with Gasteiger partial charge in [0.1, 0.15) is 0 Å². The predicted molar refractivity (Wildman–Crippen MR) is 107 cm³/mol. The lowest BCUT2D eigenvalue weighted by Gasteiger charge is -2.14. The van der Waals surface area contributed by atoms with Crippen molar-refractivity contribution >= 4 is 45.2 Å². The van der Waals surface area contributed by atoms with Crippen LogP contribution in [0.1, 0.15) is 17.3 Å². The zero-order valence-corrected chi connectivity index (χ0v) is 16.9. The zero-order chi connectivity index (χ0) is 18.9. The highest BCUT2D eigenvalue weighted by Crippen LogP contribution is 2.27. The summed E-state index contributed by atoms with van der Waals surface area (Å²) in [6.45, 7) is 0.508. The van der Waals surface area contributed by atoms with Crippen LogP contribution in [0.15, 0.2) is 40.5 Å². The zero-order valence-electron chi connectivity index (χ0n) is 14.4. The van der Waals surface area contributed by atoms with E-state index < -0.39 is 16.1 Å². The SMILES string of the molecule is Cl.Cn1ncc2c(C(N)c3ccc(S(N)(=O)=O)cc3)nc(SCCN)nc21. The molecule has 0 aliphatic carbocycles. The van der Waals surface area contributed by atoms with Crippen LogP contribution in [0.25, 0.3) is 11.0 Å². The van der Waals surface area contributed by atoms with Gasteiger partial charge in [0.05, 0.1) is 28.2 Å². The van der Waals surface area contributed by atoms with Crippen LogP contribution in [0.2, 0.25) is 0 Å². The molecule has 6 N–H and O–H groups in total. The van der Waals surface area contributed by atoms with Crippen molar-refractivity contribution in [2.45, 2.75) is 16.1 Å². The van der Waals surface area contributed by atoms with Crippen molar-refractivity contribution in [3.05, 3.63) is 41.7 Å². The molecule has 1 aromatic carbocycles. The normalized spacial score (nSPS) is 12.7. The second-order valence-electron chi connectivity index (χ2n) is 5.63. The smallest absolute Gasteiger partial charge is 0.238 e. The topological polar surface area (TPSA) is 156 Å². The number of hydrogen-bond acceptors (Lipinski definition) is 8. The predicted octanol–water partition coefficient (Wildman–Crippen LogP) is 0.531. The van der Waals surface area contributed by atoms with Gasteiger partial charge in [-0.15, -0.1) is 12.4 Å². The molecule has 27 heavy (non-hydrogen) atoms. The van der Waals surface area contributed by atoms with Gasteiger partial charge in [-0.3, -0.25) is 4.68 Å². The molecular formula is C15H20ClN7O2S2. The van der Waals surface area contributed by atoms with Crippen molar-refractivity contribution in [3.63, 3.8) is 0 Å². The monoisotopic (exact) mass is 429 g/mol. The van der Waals surface area contributed by atoms with Crippen molar-refractivity contribution in [2.24, 2.45) is 23.7 Å². The van der Waals surface area contributed by atoms with E-state index in [2.05, 4.69) is 15.1 Å². The van der Waals surface area contributed by atoms with Gasteiger partial charge in [0.15, 0.2) is 10.8 Å². The van der Waals surface area contributed by atoms with Gasteiger partial charge in [-0.2, -0.15) is 5.10 Å². The third-order valence-corrected chi connectivity index (χ3v) is 5.62. The number of fused-ring (bicyclic) bond motifs is 1. The highest BCUT2D eigenvalue weighted by molar-refractivity contribution is 7.99. The molecule has 1 unspecified atom stereocenters. The largest absolute Gasteiger partial charge is 0.330 e. The van der Waals surface area contributed by atoms with E-state index in [9.17, 15) is 8.42 Å². The first-order valence-corrected chi connectivity index (χ1v) is 10.3. The minimum atomic E-state index is -3.75. The Morgan fingerprint density at radius 3 is 2.48 bits per heavy atom. The van der Waals surface area contributed by atoms with Gasteiger partial charge in [-0.05, 0) is 17.7 Å². The minimum absolute atomic E-state index is 0. The molecule has 9 nitrogen and oxygen atoms in total. The van der Waals surface area contributed by atoms with E-state index in [1.54, 1.807) is 30.1 Å².